The van der Waals surface area contributed by atoms with Crippen LogP contribution in [0.3, 0.4) is 0 Å². The van der Waals surface area contributed by atoms with Crippen molar-refractivity contribution in [3.8, 4) is 11.5 Å². The van der Waals surface area contributed by atoms with Gasteiger partial charge in [-0.15, -0.1) is 0 Å². The highest BCUT2D eigenvalue weighted by molar-refractivity contribution is 5.90. The van der Waals surface area contributed by atoms with Gasteiger partial charge in [-0.05, 0) is 18.2 Å². The third kappa shape index (κ3) is 2.30. The molecular weight excluding hydrogens is 216 g/mol. The Hall–Kier alpha value is -2.50. The molecule has 1 rings (SSSR count). The van der Waals surface area contributed by atoms with Gasteiger partial charge in [-0.25, -0.2) is 4.79 Å². The van der Waals surface area contributed by atoms with E-state index < -0.39 is 34.8 Å². The summed E-state index contributed by atoms with van der Waals surface area (Å²) in [5, 5.41) is 30.3. The van der Waals surface area contributed by atoms with Gasteiger partial charge in [-0.1, -0.05) is 17.9 Å². The highest BCUT2D eigenvalue weighted by Crippen LogP contribution is 2.27. The van der Waals surface area contributed by atoms with Crippen molar-refractivity contribution in [3.63, 3.8) is 0 Å². The molecule has 0 aliphatic carbocycles. The molecule has 0 heterocycles. The molecule has 0 radical (unpaired) electrons. The number of carboxylic acid groups (broad SMARTS) is 2. The zero-order valence-electron chi connectivity index (χ0n) is 7.93. The number of hydrogen-bond donors (Lipinski definition) is 1. The van der Waals surface area contributed by atoms with E-state index in [2.05, 4.69) is 11.3 Å². The SMILES string of the molecule is C=C(Oc1cccc(C(=O)[O-])c1[O-])C(=O)O. The summed E-state index contributed by atoms with van der Waals surface area (Å²) in [6, 6.07) is 3.41. The Bertz CT molecular complexity index is 462. The van der Waals surface area contributed by atoms with Gasteiger partial charge in [0.2, 0.25) is 5.76 Å². The summed E-state index contributed by atoms with van der Waals surface area (Å²) in [7, 11) is 0. The molecule has 0 unspecified atom stereocenters. The largest absolute Gasteiger partial charge is 0.870 e. The van der Waals surface area contributed by atoms with Gasteiger partial charge in [0.1, 0.15) is 5.75 Å². The summed E-state index contributed by atoms with van der Waals surface area (Å²) < 4.78 is 4.60. The van der Waals surface area contributed by atoms with Crippen molar-refractivity contribution in [2.24, 2.45) is 0 Å². The van der Waals surface area contributed by atoms with Crippen LogP contribution in [0.1, 0.15) is 10.4 Å². The average Bonchev–Trinajstić information content (AvgIpc) is 2.20. The second-order valence-electron chi connectivity index (χ2n) is 2.75. The fourth-order valence-electron chi connectivity index (χ4n) is 0.933. The van der Waals surface area contributed by atoms with E-state index in [0.29, 0.717) is 0 Å². The number of carbonyl (C=O) groups is 2. The van der Waals surface area contributed by atoms with E-state index in [9.17, 15) is 19.8 Å². The van der Waals surface area contributed by atoms with E-state index in [-0.39, 0.29) is 0 Å². The number of para-hydroxylation sites is 1. The van der Waals surface area contributed by atoms with Crippen molar-refractivity contribution in [1.29, 1.82) is 0 Å². The molecule has 0 fully saturated rings. The summed E-state index contributed by atoms with van der Waals surface area (Å²) in [5.74, 6) is -5.15. The summed E-state index contributed by atoms with van der Waals surface area (Å²) in [6.07, 6.45) is 0. The van der Waals surface area contributed by atoms with Crippen LogP contribution in [0, 0.1) is 0 Å². The summed E-state index contributed by atoms with van der Waals surface area (Å²) in [5.41, 5.74) is -0.601. The quantitative estimate of drug-likeness (QED) is 0.522. The number of ether oxygens (including phenoxy) is 1. The Morgan fingerprint density at radius 1 is 1.38 bits per heavy atom. The van der Waals surface area contributed by atoms with E-state index in [0.717, 1.165) is 12.1 Å². The van der Waals surface area contributed by atoms with E-state index in [1.165, 1.54) is 6.07 Å². The first-order chi connectivity index (χ1) is 7.43. The molecule has 1 aromatic carbocycles. The number of hydrogen-bond acceptors (Lipinski definition) is 5. The third-order valence-corrected chi connectivity index (χ3v) is 1.67. The van der Waals surface area contributed by atoms with E-state index in [4.69, 9.17) is 5.11 Å². The maximum Gasteiger partial charge on any atom is 0.371 e. The zero-order valence-corrected chi connectivity index (χ0v) is 7.93. The number of rotatable bonds is 4. The molecule has 84 valence electrons. The second-order valence-corrected chi connectivity index (χ2v) is 2.75. The molecule has 16 heavy (non-hydrogen) atoms. The molecule has 1 N–H and O–H groups in total. The normalized spacial score (nSPS) is 9.50. The first kappa shape index (κ1) is 11.6. The number of carbonyl (C=O) groups excluding carboxylic acids is 1. The second kappa shape index (κ2) is 4.35. The van der Waals surface area contributed by atoms with Crippen LogP contribution in [0.4, 0.5) is 0 Å². The predicted molar refractivity (Wildman–Crippen MR) is 47.6 cm³/mol. The highest BCUT2D eigenvalue weighted by Gasteiger charge is 2.08. The minimum Gasteiger partial charge on any atom is -0.870 e. The molecule has 6 heteroatoms. The van der Waals surface area contributed by atoms with E-state index in [1.807, 2.05) is 0 Å². The highest BCUT2D eigenvalue weighted by atomic mass is 16.5. The Labute approximate surface area is 90.0 Å². The van der Waals surface area contributed by atoms with Crippen LogP contribution in [0.5, 0.6) is 11.5 Å². The van der Waals surface area contributed by atoms with Crippen molar-refractivity contribution in [2.75, 3.05) is 0 Å². The number of benzene rings is 1. The maximum absolute atomic E-state index is 11.4. The maximum atomic E-state index is 11.4. The van der Waals surface area contributed by atoms with Gasteiger partial charge in [-0.2, -0.15) is 0 Å². The van der Waals surface area contributed by atoms with Gasteiger partial charge in [0, 0.05) is 0 Å². The molecule has 1 aromatic rings. The van der Waals surface area contributed by atoms with Crippen molar-refractivity contribution in [1.82, 2.24) is 0 Å². The van der Waals surface area contributed by atoms with Crippen molar-refractivity contribution >= 4 is 11.9 Å². The Balaban J connectivity index is 3.07. The first-order valence-electron chi connectivity index (χ1n) is 4.05. The van der Waals surface area contributed by atoms with Crippen LogP contribution in [-0.4, -0.2) is 17.0 Å². The standard InChI is InChI=1S/C10H8O6/c1-5(9(12)13)16-7-4-2-3-6(8(7)11)10(14)15/h2-4,11H,1H2,(H,12,13)(H,14,15)/p-2. The monoisotopic (exact) mass is 222 g/mol. The topological polar surface area (TPSA) is 110 Å². The molecule has 0 bridgehead atoms. The Morgan fingerprint density at radius 2 is 2.00 bits per heavy atom. The van der Waals surface area contributed by atoms with Crippen molar-refractivity contribution in [3.05, 3.63) is 36.1 Å². The summed E-state index contributed by atoms with van der Waals surface area (Å²) >= 11 is 0. The van der Waals surface area contributed by atoms with Gasteiger partial charge < -0.3 is 24.9 Å². The molecule has 0 spiro atoms. The first-order valence-corrected chi connectivity index (χ1v) is 4.05. The lowest BCUT2D eigenvalue weighted by Crippen LogP contribution is -2.24. The molecule has 0 saturated carbocycles. The van der Waals surface area contributed by atoms with Gasteiger partial charge >= 0.3 is 5.97 Å². The number of aliphatic carboxylic acids is 1. The summed E-state index contributed by atoms with van der Waals surface area (Å²) in [4.78, 5) is 20.9. The van der Waals surface area contributed by atoms with Gasteiger partial charge in [0.15, 0.2) is 0 Å². The van der Waals surface area contributed by atoms with Crippen LogP contribution >= 0.6 is 0 Å². The van der Waals surface area contributed by atoms with Crippen molar-refractivity contribution in [2.45, 2.75) is 0 Å². The molecule has 0 aliphatic heterocycles. The van der Waals surface area contributed by atoms with Crippen LogP contribution in [0.15, 0.2) is 30.5 Å². The predicted octanol–water partition coefficient (Wildman–Crippen LogP) is -0.899. The lowest BCUT2D eigenvalue weighted by atomic mass is 10.2. The molecule has 0 atom stereocenters. The number of aromatic carboxylic acids is 1. The van der Waals surface area contributed by atoms with Gasteiger partial charge in [0.25, 0.3) is 0 Å². The smallest absolute Gasteiger partial charge is 0.371 e. The number of carboxylic acids is 2. The van der Waals surface area contributed by atoms with Crippen LogP contribution < -0.4 is 14.9 Å². The van der Waals surface area contributed by atoms with Gasteiger partial charge in [0.05, 0.1) is 5.97 Å². The van der Waals surface area contributed by atoms with Crippen molar-refractivity contribution < 1.29 is 29.6 Å². The molecule has 6 nitrogen and oxygen atoms in total. The Kier molecular flexibility index (Phi) is 3.14. The van der Waals surface area contributed by atoms with Gasteiger partial charge in [-0.3, -0.25) is 0 Å². The fraction of sp³-hybridized carbons (Fsp3) is 0. The van der Waals surface area contributed by atoms with Crippen LogP contribution in [0.25, 0.3) is 0 Å². The lowest BCUT2D eigenvalue weighted by molar-refractivity contribution is -0.277. The lowest BCUT2D eigenvalue weighted by Gasteiger charge is -2.18. The molecular formula is C10H6O6-2. The minimum atomic E-state index is -1.66. The molecule has 0 amide bonds. The Morgan fingerprint density at radius 3 is 2.50 bits per heavy atom. The van der Waals surface area contributed by atoms with Crippen LogP contribution in [-0.2, 0) is 4.79 Å². The molecule has 0 saturated heterocycles. The van der Waals surface area contributed by atoms with Crippen LogP contribution in [0.2, 0.25) is 0 Å². The van der Waals surface area contributed by atoms with E-state index in [1.54, 1.807) is 0 Å². The average molecular weight is 222 g/mol. The minimum absolute atomic E-state index is 0.422. The fourth-order valence-corrected chi connectivity index (χ4v) is 0.933. The molecule has 0 aromatic heterocycles. The van der Waals surface area contributed by atoms with E-state index >= 15 is 0 Å². The molecule has 0 aliphatic rings. The zero-order chi connectivity index (χ0) is 12.3. The third-order valence-electron chi connectivity index (χ3n) is 1.67. The summed E-state index contributed by atoms with van der Waals surface area (Å²) in [6.45, 7) is 3.04.